The van der Waals surface area contributed by atoms with E-state index >= 15 is 0 Å². The minimum absolute atomic E-state index is 0.139. The van der Waals surface area contributed by atoms with Crippen LogP contribution in [0.1, 0.15) is 239 Å². The summed E-state index contributed by atoms with van der Waals surface area (Å²) in [6, 6.07) is 0. The Hall–Kier alpha value is -4.57. The number of likely N-dealkylation sites (N-methyl/N-ethyl adjacent to an activating group) is 1. The summed E-state index contributed by atoms with van der Waals surface area (Å²) in [5.41, 5.74) is 0. The molecule has 0 amide bonds. The normalized spacial score (nSPS) is 13.7. The second kappa shape index (κ2) is 60.5. The van der Waals surface area contributed by atoms with E-state index in [2.05, 4.69) is 148 Å². The van der Waals surface area contributed by atoms with Crippen molar-refractivity contribution in [1.29, 1.82) is 0 Å². The number of aliphatic carboxylic acids is 1. The molecule has 0 heterocycles. The lowest BCUT2D eigenvalue weighted by atomic mass is 10.0. The lowest BCUT2D eigenvalue weighted by Crippen LogP contribution is -2.44. The summed E-state index contributed by atoms with van der Waals surface area (Å²) in [5, 5.41) is 11.8. The zero-order valence-electron chi connectivity index (χ0n) is 51.6. The predicted octanol–water partition coefficient (Wildman–Crippen LogP) is 18.1. The summed E-state index contributed by atoms with van der Waals surface area (Å²) in [6.45, 7) is 4.58. The molecule has 9 nitrogen and oxygen atoms in total. The van der Waals surface area contributed by atoms with Gasteiger partial charge in [-0.05, 0) is 116 Å². The number of carbonyl (C=O) groups is 3. The Morgan fingerprint density at radius 1 is 0.388 bits per heavy atom. The summed E-state index contributed by atoms with van der Waals surface area (Å²) < 4.78 is 22.7. The highest BCUT2D eigenvalue weighted by Gasteiger charge is 2.22. The Labute approximate surface area is 490 Å². The van der Waals surface area contributed by atoms with E-state index < -0.39 is 24.3 Å². The Morgan fingerprint density at radius 3 is 1.06 bits per heavy atom. The number of esters is 2. The van der Waals surface area contributed by atoms with E-state index in [0.29, 0.717) is 17.4 Å². The number of carbonyl (C=O) groups excluding carboxylic acids is 3. The fourth-order valence-electron chi connectivity index (χ4n) is 8.26. The van der Waals surface area contributed by atoms with Gasteiger partial charge in [-0.15, -0.1) is 0 Å². The van der Waals surface area contributed by atoms with Gasteiger partial charge >= 0.3 is 11.9 Å². The first-order chi connectivity index (χ1) is 39.1. The molecule has 0 saturated heterocycles. The molecule has 0 aromatic heterocycles. The van der Waals surface area contributed by atoms with Gasteiger partial charge in [-0.3, -0.25) is 9.59 Å². The van der Waals surface area contributed by atoms with Gasteiger partial charge in [0.2, 0.25) is 0 Å². The lowest BCUT2D eigenvalue weighted by molar-refractivity contribution is -0.870. The van der Waals surface area contributed by atoms with Gasteiger partial charge in [-0.25, -0.2) is 0 Å². The van der Waals surface area contributed by atoms with Crippen LogP contribution >= 0.6 is 0 Å². The SMILES string of the molecule is CC/C=C\C/C=C\C/C=C\C/C=C\C/C=C\C/C=C\C/C=C\C/C=C\C/C=C\CCCCCCCCCCCCCC(=O)OC(COC(=O)CCCCCCC/C=C\C/C=C\CCCCCC)COC(OCC[N+](C)(C)C)C(=O)[O-]. The summed E-state index contributed by atoms with van der Waals surface area (Å²) in [5.74, 6) is -2.31. The summed E-state index contributed by atoms with van der Waals surface area (Å²) in [4.78, 5) is 37.3. The largest absolute Gasteiger partial charge is 0.545 e. The van der Waals surface area contributed by atoms with Crippen molar-refractivity contribution >= 4 is 17.9 Å². The van der Waals surface area contributed by atoms with Crippen molar-refractivity contribution in [3.8, 4) is 0 Å². The molecule has 0 fully saturated rings. The maximum absolute atomic E-state index is 12.9. The van der Waals surface area contributed by atoms with E-state index in [1.165, 1.54) is 77.0 Å². The average Bonchev–Trinajstić information content (AvgIpc) is 3.43. The molecule has 0 aromatic carbocycles. The number of carboxylic acid groups (broad SMARTS) is 1. The molecule has 80 heavy (non-hydrogen) atoms. The van der Waals surface area contributed by atoms with Crippen LogP contribution in [-0.4, -0.2) is 82.3 Å². The summed E-state index contributed by atoms with van der Waals surface area (Å²) >= 11 is 0. The molecule has 0 radical (unpaired) electrons. The first-order valence-electron chi connectivity index (χ1n) is 31.8. The highest BCUT2D eigenvalue weighted by Crippen LogP contribution is 2.15. The van der Waals surface area contributed by atoms with Crippen LogP contribution in [0.2, 0.25) is 0 Å². The van der Waals surface area contributed by atoms with Crippen LogP contribution in [0.15, 0.2) is 134 Å². The minimum Gasteiger partial charge on any atom is -0.545 e. The van der Waals surface area contributed by atoms with Crippen molar-refractivity contribution in [2.45, 2.75) is 251 Å². The van der Waals surface area contributed by atoms with Crippen LogP contribution in [0.25, 0.3) is 0 Å². The first-order valence-corrected chi connectivity index (χ1v) is 31.8. The smallest absolute Gasteiger partial charge is 0.306 e. The third kappa shape index (κ3) is 61.1. The van der Waals surface area contributed by atoms with Gasteiger partial charge in [-0.1, -0.05) is 244 Å². The molecule has 9 heteroatoms. The number of quaternary nitrogens is 1. The molecule has 454 valence electrons. The quantitative estimate of drug-likeness (QED) is 0.0195. The van der Waals surface area contributed by atoms with E-state index in [-0.39, 0.29) is 38.6 Å². The van der Waals surface area contributed by atoms with Crippen LogP contribution in [0.5, 0.6) is 0 Å². The fraction of sp³-hybridized carbons (Fsp3) is 0.648. The molecule has 0 bridgehead atoms. The molecule has 0 rings (SSSR count). The molecule has 0 saturated carbocycles. The predicted molar refractivity (Wildman–Crippen MR) is 338 cm³/mol. The number of hydrogen-bond donors (Lipinski definition) is 0. The number of carboxylic acids is 1. The second-order valence-electron chi connectivity index (χ2n) is 22.0. The van der Waals surface area contributed by atoms with E-state index in [1.807, 2.05) is 21.1 Å². The molecule has 0 spiro atoms. The van der Waals surface area contributed by atoms with Crippen LogP contribution in [0.3, 0.4) is 0 Å². The van der Waals surface area contributed by atoms with E-state index in [9.17, 15) is 19.5 Å². The number of ether oxygens (including phenoxy) is 4. The van der Waals surface area contributed by atoms with Gasteiger partial charge in [0.15, 0.2) is 12.4 Å². The van der Waals surface area contributed by atoms with Crippen LogP contribution in [0, 0.1) is 0 Å². The first kappa shape index (κ1) is 75.4. The Bertz CT molecular complexity index is 1770. The zero-order chi connectivity index (χ0) is 58.3. The molecular formula is C71H117NO8. The molecule has 0 aliphatic rings. The van der Waals surface area contributed by atoms with Crippen molar-refractivity contribution in [2.75, 3.05) is 47.5 Å². The Balaban J connectivity index is 4.16. The molecule has 2 unspecified atom stereocenters. The van der Waals surface area contributed by atoms with Gasteiger partial charge in [0.1, 0.15) is 13.2 Å². The summed E-state index contributed by atoms with van der Waals surface area (Å²) in [6.07, 6.45) is 83.7. The fourth-order valence-corrected chi connectivity index (χ4v) is 8.26. The standard InChI is InChI=1S/C71H117NO8/c1-6-8-10-12-14-16-18-20-22-24-25-26-27-28-29-30-31-32-33-34-35-36-37-38-39-40-41-42-43-44-45-46-48-50-52-54-56-58-60-62-69(74)80-67(66-79-71(70(75)76)77-64-63-72(3,4)5)65-78-68(73)61-59-57-55-53-51-49-47-23-21-19-17-15-13-11-9-7-2/h8,10,14,16-17,19-20,22-23,25-26,28-29,31-32,34-35,37-38,40-41,47,67,71H,6-7,9,11-13,15,18,21,24,27,30,33,36,39,42-46,48-66H2,1-5H3/b10-8-,16-14-,19-17-,22-20-,26-25-,29-28-,32-31-,35-34-,38-37-,41-40-,47-23-. The van der Waals surface area contributed by atoms with E-state index in [4.69, 9.17) is 18.9 Å². The third-order valence-electron chi connectivity index (χ3n) is 13.1. The maximum Gasteiger partial charge on any atom is 0.306 e. The van der Waals surface area contributed by atoms with Gasteiger partial charge in [0.05, 0.1) is 40.3 Å². The van der Waals surface area contributed by atoms with Gasteiger partial charge in [0, 0.05) is 12.8 Å². The van der Waals surface area contributed by atoms with Crippen LogP contribution in [0.4, 0.5) is 0 Å². The number of hydrogen-bond acceptors (Lipinski definition) is 8. The Morgan fingerprint density at radius 2 is 0.713 bits per heavy atom. The maximum atomic E-state index is 12.9. The number of nitrogens with zero attached hydrogens (tertiary/aromatic N) is 1. The van der Waals surface area contributed by atoms with Crippen LogP contribution in [-0.2, 0) is 33.3 Å². The van der Waals surface area contributed by atoms with Crippen molar-refractivity contribution in [2.24, 2.45) is 0 Å². The van der Waals surface area contributed by atoms with Gasteiger partial charge in [-0.2, -0.15) is 0 Å². The molecular weight excluding hydrogens is 995 g/mol. The van der Waals surface area contributed by atoms with E-state index in [1.54, 1.807) is 0 Å². The molecule has 0 aromatic rings. The molecule has 0 aliphatic carbocycles. The molecule has 0 N–H and O–H groups in total. The van der Waals surface area contributed by atoms with E-state index in [0.717, 1.165) is 128 Å². The highest BCUT2D eigenvalue weighted by molar-refractivity contribution is 5.70. The average molecular weight is 1110 g/mol. The Kier molecular flexibility index (Phi) is 57.1. The molecule has 2 atom stereocenters. The van der Waals surface area contributed by atoms with Gasteiger partial charge < -0.3 is 33.3 Å². The van der Waals surface area contributed by atoms with Crippen molar-refractivity contribution in [1.82, 2.24) is 0 Å². The second-order valence-corrected chi connectivity index (χ2v) is 22.0. The monoisotopic (exact) mass is 1110 g/mol. The number of rotatable bonds is 57. The highest BCUT2D eigenvalue weighted by atomic mass is 16.7. The lowest BCUT2D eigenvalue weighted by Gasteiger charge is -2.26. The summed E-state index contributed by atoms with van der Waals surface area (Å²) in [7, 11) is 5.91. The third-order valence-corrected chi connectivity index (χ3v) is 13.1. The van der Waals surface area contributed by atoms with Gasteiger partial charge in [0.25, 0.3) is 0 Å². The topological polar surface area (TPSA) is 111 Å². The van der Waals surface area contributed by atoms with Crippen molar-refractivity contribution in [3.05, 3.63) is 134 Å². The number of unbranched alkanes of at least 4 members (excludes halogenated alkanes) is 20. The van der Waals surface area contributed by atoms with Crippen LogP contribution < -0.4 is 5.11 Å². The molecule has 0 aliphatic heterocycles. The van der Waals surface area contributed by atoms with Crippen molar-refractivity contribution in [3.63, 3.8) is 0 Å². The minimum atomic E-state index is -1.63. The zero-order valence-corrected chi connectivity index (χ0v) is 51.6. The number of allylic oxidation sites excluding steroid dienone is 22. The van der Waals surface area contributed by atoms with Crippen molar-refractivity contribution < 1.29 is 42.9 Å².